The molecule has 0 atom stereocenters. The van der Waals surface area contributed by atoms with Gasteiger partial charge in [-0.2, -0.15) is 0 Å². The summed E-state index contributed by atoms with van der Waals surface area (Å²) in [6, 6.07) is 9.34. The lowest BCUT2D eigenvalue weighted by Gasteiger charge is -2.08. The van der Waals surface area contributed by atoms with Crippen LogP contribution in [0, 0.1) is 0 Å². The average molecular weight is 186 g/mol. The molecule has 0 aliphatic heterocycles. The minimum absolute atomic E-state index is 0.314. The quantitative estimate of drug-likeness (QED) is 0.666. The summed E-state index contributed by atoms with van der Waals surface area (Å²) in [6.45, 7) is 1.89. The van der Waals surface area contributed by atoms with Crippen LogP contribution >= 0.6 is 0 Å². The fourth-order valence-corrected chi connectivity index (χ4v) is 1.69. The molecular weight excluding hydrogens is 176 g/mol. The van der Waals surface area contributed by atoms with E-state index in [2.05, 4.69) is 0 Å². The molecule has 0 fully saturated rings. The van der Waals surface area contributed by atoms with E-state index < -0.39 is 0 Å². The van der Waals surface area contributed by atoms with Crippen LogP contribution in [0.5, 0.6) is 0 Å². The predicted molar refractivity (Wildman–Crippen MR) is 56.2 cm³/mol. The third kappa shape index (κ3) is 1.11. The summed E-state index contributed by atoms with van der Waals surface area (Å²) < 4.78 is 0. The molecular formula is C12H10O2. The van der Waals surface area contributed by atoms with E-state index in [1.54, 1.807) is 0 Å². The Morgan fingerprint density at radius 2 is 1.64 bits per heavy atom. The zero-order valence-corrected chi connectivity index (χ0v) is 7.91. The van der Waals surface area contributed by atoms with E-state index in [1.165, 1.54) is 0 Å². The van der Waals surface area contributed by atoms with Gasteiger partial charge in [-0.1, -0.05) is 37.3 Å². The lowest BCUT2D eigenvalue weighted by atomic mass is 9.93. The first-order valence-corrected chi connectivity index (χ1v) is 4.63. The topological polar surface area (TPSA) is 34.1 Å². The Morgan fingerprint density at radius 3 is 2.21 bits per heavy atom. The SMILES string of the molecule is CCc1c(-c2ccccc2)c(=O)c1=O. The smallest absolute Gasteiger partial charge is 0.234 e. The molecule has 0 aliphatic carbocycles. The van der Waals surface area contributed by atoms with Crippen LogP contribution in [0.3, 0.4) is 0 Å². The van der Waals surface area contributed by atoms with Gasteiger partial charge in [0.05, 0.1) is 0 Å². The van der Waals surface area contributed by atoms with Gasteiger partial charge < -0.3 is 0 Å². The average Bonchev–Trinajstić information content (AvgIpc) is 2.25. The van der Waals surface area contributed by atoms with Gasteiger partial charge in [0, 0.05) is 11.1 Å². The highest BCUT2D eigenvalue weighted by Crippen LogP contribution is 2.18. The zero-order chi connectivity index (χ0) is 10.1. The summed E-state index contributed by atoms with van der Waals surface area (Å²) in [5.41, 5.74) is 1.48. The largest absolute Gasteiger partial charge is 0.285 e. The molecule has 14 heavy (non-hydrogen) atoms. The highest BCUT2D eigenvalue weighted by molar-refractivity contribution is 5.70. The molecule has 0 bridgehead atoms. The molecule has 0 N–H and O–H groups in total. The molecule has 0 unspecified atom stereocenters. The maximum atomic E-state index is 11.3. The first-order chi connectivity index (χ1) is 6.75. The molecule has 0 aromatic heterocycles. The molecule has 2 rings (SSSR count). The van der Waals surface area contributed by atoms with E-state index in [1.807, 2.05) is 37.3 Å². The fourth-order valence-electron chi connectivity index (χ4n) is 1.69. The van der Waals surface area contributed by atoms with Gasteiger partial charge in [0.2, 0.25) is 10.9 Å². The van der Waals surface area contributed by atoms with Crippen molar-refractivity contribution in [1.29, 1.82) is 0 Å². The molecule has 0 aliphatic rings. The monoisotopic (exact) mass is 186 g/mol. The Hall–Kier alpha value is -1.70. The minimum atomic E-state index is -0.340. The third-order valence-corrected chi connectivity index (χ3v) is 2.43. The van der Waals surface area contributed by atoms with E-state index in [-0.39, 0.29) is 10.9 Å². The Bertz CT molecular complexity index is 517. The molecule has 0 saturated carbocycles. The summed E-state index contributed by atoms with van der Waals surface area (Å²) >= 11 is 0. The molecule has 2 aromatic carbocycles. The van der Waals surface area contributed by atoms with Crippen molar-refractivity contribution in [3.63, 3.8) is 0 Å². The van der Waals surface area contributed by atoms with Crippen LogP contribution in [0.25, 0.3) is 11.1 Å². The second-order valence-corrected chi connectivity index (χ2v) is 3.23. The van der Waals surface area contributed by atoms with Gasteiger partial charge in [0.15, 0.2) is 0 Å². The predicted octanol–water partition coefficient (Wildman–Crippen LogP) is 1.51. The lowest BCUT2D eigenvalue weighted by Crippen LogP contribution is -2.37. The van der Waals surface area contributed by atoms with E-state index in [0.29, 0.717) is 17.5 Å². The summed E-state index contributed by atoms with van der Waals surface area (Å²) in [6.07, 6.45) is 0.634. The Morgan fingerprint density at radius 1 is 1.00 bits per heavy atom. The molecule has 0 saturated heterocycles. The van der Waals surface area contributed by atoms with Crippen LogP contribution in [-0.2, 0) is 6.42 Å². The van der Waals surface area contributed by atoms with E-state index in [9.17, 15) is 9.59 Å². The van der Waals surface area contributed by atoms with E-state index >= 15 is 0 Å². The number of hydrogen-bond donors (Lipinski definition) is 0. The molecule has 0 amide bonds. The standard InChI is InChI=1S/C12H10O2/c1-2-9-10(12(14)11(9)13)8-6-4-3-5-7-8/h3-7H,2H2,1H3. The van der Waals surface area contributed by atoms with Crippen LogP contribution < -0.4 is 10.9 Å². The molecule has 70 valence electrons. The van der Waals surface area contributed by atoms with E-state index in [0.717, 1.165) is 5.56 Å². The highest BCUT2D eigenvalue weighted by Gasteiger charge is 2.19. The van der Waals surface area contributed by atoms with Crippen molar-refractivity contribution in [2.75, 3.05) is 0 Å². The van der Waals surface area contributed by atoms with Crippen LogP contribution in [-0.4, -0.2) is 0 Å². The van der Waals surface area contributed by atoms with Crippen molar-refractivity contribution in [2.24, 2.45) is 0 Å². The second-order valence-electron chi connectivity index (χ2n) is 3.23. The minimum Gasteiger partial charge on any atom is -0.285 e. The first-order valence-electron chi connectivity index (χ1n) is 4.63. The molecule has 0 spiro atoms. The van der Waals surface area contributed by atoms with Gasteiger partial charge >= 0.3 is 0 Å². The van der Waals surface area contributed by atoms with Gasteiger partial charge in [-0.15, -0.1) is 0 Å². The third-order valence-electron chi connectivity index (χ3n) is 2.43. The first kappa shape index (κ1) is 8.88. The maximum absolute atomic E-state index is 11.3. The van der Waals surface area contributed by atoms with Gasteiger partial charge in [-0.3, -0.25) is 9.59 Å². The summed E-state index contributed by atoms with van der Waals surface area (Å²) in [7, 11) is 0. The van der Waals surface area contributed by atoms with Gasteiger partial charge in [0.25, 0.3) is 0 Å². The molecule has 2 nitrogen and oxygen atoms in total. The normalized spacial score (nSPS) is 10.6. The highest BCUT2D eigenvalue weighted by atomic mass is 16.2. The van der Waals surface area contributed by atoms with Gasteiger partial charge in [-0.25, -0.2) is 0 Å². The van der Waals surface area contributed by atoms with Crippen molar-refractivity contribution in [3.05, 3.63) is 56.3 Å². The number of rotatable bonds is 2. The molecule has 2 aromatic rings. The van der Waals surface area contributed by atoms with Crippen LogP contribution in [0.1, 0.15) is 12.5 Å². The number of benzene rings is 1. The van der Waals surface area contributed by atoms with Gasteiger partial charge in [-0.05, 0) is 12.0 Å². The van der Waals surface area contributed by atoms with Gasteiger partial charge in [0.1, 0.15) is 0 Å². The van der Waals surface area contributed by atoms with Crippen molar-refractivity contribution in [1.82, 2.24) is 0 Å². The lowest BCUT2D eigenvalue weighted by molar-refractivity contribution is 1.08. The molecule has 0 radical (unpaired) electrons. The van der Waals surface area contributed by atoms with Crippen LogP contribution in [0.15, 0.2) is 39.9 Å². The van der Waals surface area contributed by atoms with Crippen molar-refractivity contribution >= 4 is 0 Å². The summed E-state index contributed by atoms with van der Waals surface area (Å²) in [5.74, 6) is 0. The van der Waals surface area contributed by atoms with Crippen molar-refractivity contribution in [2.45, 2.75) is 13.3 Å². The second kappa shape index (κ2) is 3.22. The van der Waals surface area contributed by atoms with Crippen LogP contribution in [0.2, 0.25) is 0 Å². The fraction of sp³-hybridized carbons (Fsp3) is 0.167. The Labute approximate surface area is 81.5 Å². The van der Waals surface area contributed by atoms with Crippen molar-refractivity contribution < 1.29 is 0 Å². The zero-order valence-electron chi connectivity index (χ0n) is 7.91. The van der Waals surface area contributed by atoms with E-state index in [4.69, 9.17) is 0 Å². The molecule has 2 heteroatoms. The summed E-state index contributed by atoms with van der Waals surface area (Å²) in [4.78, 5) is 22.5. The Kier molecular flexibility index (Phi) is 2.04. The van der Waals surface area contributed by atoms with Crippen LogP contribution in [0.4, 0.5) is 0 Å². The van der Waals surface area contributed by atoms with Crippen molar-refractivity contribution in [3.8, 4) is 11.1 Å². The number of hydrogen-bond acceptors (Lipinski definition) is 2. The summed E-state index contributed by atoms with van der Waals surface area (Å²) in [5, 5.41) is 0. The maximum Gasteiger partial charge on any atom is 0.234 e. The Balaban J connectivity index is 2.60. The molecule has 0 heterocycles.